The van der Waals surface area contributed by atoms with Crippen molar-refractivity contribution in [2.75, 3.05) is 72.2 Å². The fourth-order valence-corrected chi connectivity index (χ4v) is 9.98. The van der Waals surface area contributed by atoms with E-state index in [4.69, 9.17) is 9.47 Å². The van der Waals surface area contributed by atoms with E-state index < -0.39 is 0 Å². The first-order chi connectivity index (χ1) is 29.8. The maximum Gasteiger partial charge on any atom is 0.0594 e. The summed E-state index contributed by atoms with van der Waals surface area (Å²) in [5.41, 5.74) is 8.70. The Morgan fingerprint density at radius 3 is 1.71 bits per heavy atom. The molecule has 0 bridgehead atoms. The largest absolute Gasteiger partial charge is 0.380 e. The van der Waals surface area contributed by atoms with Crippen molar-refractivity contribution in [3.63, 3.8) is 0 Å². The third-order valence-electron chi connectivity index (χ3n) is 14.0. The summed E-state index contributed by atoms with van der Waals surface area (Å²) in [5.74, 6) is 0. The van der Waals surface area contributed by atoms with Gasteiger partial charge in [-0.3, -0.25) is 24.5 Å². The molecular weight excluding hydrogens is 767 g/mol. The molecule has 2 aromatic carbocycles. The van der Waals surface area contributed by atoms with Crippen LogP contribution in [-0.2, 0) is 42.5 Å². The van der Waals surface area contributed by atoms with E-state index in [1.165, 1.54) is 103 Å². The van der Waals surface area contributed by atoms with E-state index in [2.05, 4.69) is 166 Å². The van der Waals surface area contributed by atoms with Crippen LogP contribution in [-0.4, -0.2) is 143 Å². The minimum atomic E-state index is 0.638. The zero-order chi connectivity index (χ0) is 44.8. The second-order valence-corrected chi connectivity index (χ2v) is 19.6. The predicted molar refractivity (Wildman–Crippen MR) is 265 cm³/mol. The third-order valence-corrected chi connectivity index (χ3v) is 14.0. The van der Waals surface area contributed by atoms with E-state index in [1.807, 2.05) is 0 Å². The smallest absolute Gasteiger partial charge is 0.0594 e. The molecule has 0 spiro atoms. The summed E-state index contributed by atoms with van der Waals surface area (Å²) in [6.07, 6.45) is 7.73. The number of nitrogens with one attached hydrogen (secondary N) is 1. The molecule has 1 N–H and O–H groups in total. The van der Waals surface area contributed by atoms with Crippen LogP contribution in [0.4, 0.5) is 0 Å². The Kier molecular flexibility index (Phi) is 20.3. The summed E-state index contributed by atoms with van der Waals surface area (Å²) in [6.45, 7) is 39.0. The number of aromatic nitrogens is 2. The molecule has 1 unspecified atom stereocenters. The van der Waals surface area contributed by atoms with E-state index in [0.29, 0.717) is 24.2 Å². The van der Waals surface area contributed by atoms with Gasteiger partial charge < -0.3 is 19.0 Å². The van der Waals surface area contributed by atoms with Crippen LogP contribution >= 0.6 is 0 Å². The van der Waals surface area contributed by atoms with Gasteiger partial charge in [-0.25, -0.2) is 0 Å². The molecule has 348 valence electrons. The van der Waals surface area contributed by atoms with Gasteiger partial charge in [0.1, 0.15) is 0 Å². The Morgan fingerprint density at radius 2 is 1.11 bits per heavy atom. The molecule has 62 heavy (non-hydrogen) atoms. The molecule has 5 aliphatic heterocycles. The molecule has 0 saturated carbocycles. The summed E-state index contributed by atoms with van der Waals surface area (Å²) < 4.78 is 12.9. The molecule has 4 aromatic rings. The maximum atomic E-state index is 5.33. The fraction of sp³-hybridized carbons (Fsp3) is 0.698. The van der Waals surface area contributed by atoms with Crippen molar-refractivity contribution in [2.24, 2.45) is 7.05 Å². The summed E-state index contributed by atoms with van der Waals surface area (Å²) in [7, 11) is 2.20. The number of nitrogens with zero attached hydrogens (tertiary/aromatic N) is 6. The van der Waals surface area contributed by atoms with Gasteiger partial charge in [0.2, 0.25) is 0 Å². The van der Waals surface area contributed by atoms with Gasteiger partial charge in [0.15, 0.2) is 0 Å². The second-order valence-electron chi connectivity index (χ2n) is 19.6. The zero-order valence-corrected chi connectivity index (χ0v) is 41.5. The van der Waals surface area contributed by atoms with Crippen LogP contribution in [0.15, 0.2) is 48.5 Å². The summed E-state index contributed by atoms with van der Waals surface area (Å²) >= 11 is 0. The molecule has 7 heterocycles. The van der Waals surface area contributed by atoms with Gasteiger partial charge in [0, 0.05) is 135 Å². The molecule has 9 nitrogen and oxygen atoms in total. The lowest BCUT2D eigenvalue weighted by Gasteiger charge is -2.31. The predicted octanol–water partition coefficient (Wildman–Crippen LogP) is 9.99. The van der Waals surface area contributed by atoms with E-state index in [1.54, 1.807) is 5.56 Å². The van der Waals surface area contributed by atoms with Gasteiger partial charge in [-0.2, -0.15) is 0 Å². The molecule has 0 aliphatic carbocycles. The SMILES string of the molecule is CC(C)N1CCCOCC1.CC(C)N1CCOCC1.CC(C)N1CCc2c([nH]c3ccccc23)C1.CC(C)N1CCc2c(n(C)c3ccccc23)C1.CCC1CCCN1C(C)C. The number of ether oxygens (including phenoxy) is 2. The van der Waals surface area contributed by atoms with Crippen molar-refractivity contribution in [3.05, 3.63) is 71.0 Å². The van der Waals surface area contributed by atoms with E-state index in [0.717, 1.165) is 71.2 Å². The Balaban J connectivity index is 0.000000150. The first-order valence-corrected chi connectivity index (χ1v) is 24.8. The molecule has 3 saturated heterocycles. The van der Waals surface area contributed by atoms with Crippen LogP contribution < -0.4 is 0 Å². The molecule has 3 fully saturated rings. The second kappa shape index (κ2) is 25.1. The highest BCUT2D eigenvalue weighted by Gasteiger charge is 2.25. The van der Waals surface area contributed by atoms with Crippen LogP contribution in [0.2, 0.25) is 0 Å². The number of aromatic amines is 1. The first kappa shape index (κ1) is 50.2. The van der Waals surface area contributed by atoms with Gasteiger partial charge in [-0.1, -0.05) is 43.3 Å². The molecule has 1 atom stereocenters. The average molecular weight is 856 g/mol. The summed E-state index contributed by atoms with van der Waals surface area (Å²) in [6, 6.07) is 21.7. The molecule has 0 radical (unpaired) electrons. The van der Waals surface area contributed by atoms with E-state index in [9.17, 15) is 0 Å². The minimum absolute atomic E-state index is 0.638. The number of likely N-dealkylation sites (tertiary alicyclic amines) is 1. The van der Waals surface area contributed by atoms with Gasteiger partial charge in [-0.05, 0) is 138 Å². The van der Waals surface area contributed by atoms with Crippen LogP contribution in [0.3, 0.4) is 0 Å². The van der Waals surface area contributed by atoms with Crippen LogP contribution in [0.25, 0.3) is 21.8 Å². The van der Waals surface area contributed by atoms with Gasteiger partial charge in [0.25, 0.3) is 0 Å². The lowest BCUT2D eigenvalue weighted by molar-refractivity contribution is 0.0238. The molecule has 0 amide bonds. The first-order valence-electron chi connectivity index (χ1n) is 24.8. The highest BCUT2D eigenvalue weighted by atomic mass is 16.5. The molecule has 2 aromatic heterocycles. The quantitative estimate of drug-likeness (QED) is 0.207. The molecule has 9 rings (SSSR count). The normalized spacial score (nSPS) is 20.6. The topological polar surface area (TPSA) is 55.4 Å². The number of H-pyrrole nitrogens is 1. The maximum absolute atomic E-state index is 5.33. The van der Waals surface area contributed by atoms with Crippen LogP contribution in [0, 0.1) is 0 Å². The monoisotopic (exact) mass is 856 g/mol. The summed E-state index contributed by atoms with van der Waals surface area (Å²) in [4.78, 5) is 16.2. The average Bonchev–Trinajstić information content (AvgIpc) is 3.91. The van der Waals surface area contributed by atoms with Gasteiger partial charge in [-0.15, -0.1) is 0 Å². The Morgan fingerprint density at radius 1 is 0.565 bits per heavy atom. The molecule has 5 aliphatic rings. The Hall–Kier alpha value is -2.76. The van der Waals surface area contributed by atoms with Crippen molar-refractivity contribution < 1.29 is 9.47 Å². The van der Waals surface area contributed by atoms with Gasteiger partial charge in [0.05, 0.1) is 19.8 Å². The zero-order valence-electron chi connectivity index (χ0n) is 41.5. The van der Waals surface area contributed by atoms with Crippen LogP contribution in [0.1, 0.15) is 124 Å². The number of aryl methyl sites for hydroxylation is 1. The molecule has 9 heteroatoms. The van der Waals surface area contributed by atoms with Crippen molar-refractivity contribution in [2.45, 2.75) is 164 Å². The number of rotatable bonds is 6. The lowest BCUT2D eigenvalue weighted by atomic mass is 10.0. The van der Waals surface area contributed by atoms with Crippen molar-refractivity contribution in [3.8, 4) is 0 Å². The fourth-order valence-electron chi connectivity index (χ4n) is 9.98. The lowest BCUT2D eigenvalue weighted by Crippen LogP contribution is -2.40. The number of benzene rings is 2. The van der Waals surface area contributed by atoms with Crippen molar-refractivity contribution in [1.82, 2.24) is 34.1 Å². The van der Waals surface area contributed by atoms with E-state index in [-0.39, 0.29) is 0 Å². The standard InChI is InChI=1S/C15H20N2.C14H18N2.C9H19N.C8H17NO.C7H15NO/c1-11(2)17-9-8-13-12-6-4-5-7-14(12)16(3)15(13)10-17;1-10(2)16-8-7-12-11-5-3-4-6-13(11)15-14(12)9-16;1-4-9-6-5-7-10(9)8(2)3;1-8(2)9-4-3-6-10-7-5-9;1-7(2)8-3-5-9-6-4-8/h4-7,11H,8-10H2,1-3H3;3-6,10,15H,7-9H2,1-2H3;8-9H,4-7H2,1-3H3;8H,3-7H2,1-2H3;7H,3-6H2,1-2H3. The number of fused-ring (bicyclic) bond motifs is 6. The van der Waals surface area contributed by atoms with Crippen molar-refractivity contribution in [1.29, 1.82) is 0 Å². The number of hydrogen-bond acceptors (Lipinski definition) is 7. The number of hydrogen-bond donors (Lipinski definition) is 1. The number of para-hydroxylation sites is 2. The minimum Gasteiger partial charge on any atom is -0.380 e. The highest BCUT2D eigenvalue weighted by molar-refractivity contribution is 5.86. The van der Waals surface area contributed by atoms with E-state index >= 15 is 0 Å². The van der Waals surface area contributed by atoms with Crippen LogP contribution in [0.5, 0.6) is 0 Å². The Bertz CT molecular complexity index is 1860. The third kappa shape index (κ3) is 13.9. The van der Waals surface area contributed by atoms with Gasteiger partial charge >= 0.3 is 0 Å². The molecular formula is C53H89N7O2. The van der Waals surface area contributed by atoms with Crippen molar-refractivity contribution >= 4 is 21.8 Å². The summed E-state index contributed by atoms with van der Waals surface area (Å²) in [5, 5.41) is 2.87. The number of morpholine rings is 1. The Labute approximate surface area is 378 Å². The highest BCUT2D eigenvalue weighted by Crippen LogP contribution is 2.31.